The van der Waals surface area contributed by atoms with Gasteiger partial charge in [-0.1, -0.05) is 41.2 Å². The van der Waals surface area contributed by atoms with Crippen LogP contribution in [0.5, 0.6) is 5.88 Å². The average molecular weight is 305 g/mol. The standard InChI is InChI=1S/C16H23N3OS/c1-11-6-8-13(9-7-11)12(2)17-10-14-15(20-5)18-16(21-14)19(3)4/h6-9,12,17H,10H2,1-5H3. The Kier molecular flexibility index (Phi) is 5.20. The van der Waals surface area contributed by atoms with Crippen molar-refractivity contribution in [2.75, 3.05) is 26.1 Å². The Morgan fingerprint density at radius 3 is 2.52 bits per heavy atom. The molecule has 4 nitrogen and oxygen atoms in total. The number of rotatable bonds is 6. The van der Waals surface area contributed by atoms with Gasteiger partial charge in [-0.05, 0) is 19.4 Å². The van der Waals surface area contributed by atoms with Gasteiger partial charge in [0.25, 0.3) is 0 Å². The fourth-order valence-electron chi connectivity index (χ4n) is 2.01. The van der Waals surface area contributed by atoms with E-state index < -0.39 is 0 Å². The molecule has 114 valence electrons. The maximum Gasteiger partial charge on any atom is 0.230 e. The Bertz CT molecular complexity index is 578. The number of ether oxygens (including phenoxy) is 1. The maximum absolute atomic E-state index is 5.36. The quantitative estimate of drug-likeness (QED) is 0.888. The molecule has 2 rings (SSSR count). The minimum Gasteiger partial charge on any atom is -0.480 e. The van der Waals surface area contributed by atoms with Gasteiger partial charge in [0.1, 0.15) is 0 Å². The van der Waals surface area contributed by atoms with E-state index in [9.17, 15) is 0 Å². The van der Waals surface area contributed by atoms with E-state index in [4.69, 9.17) is 4.74 Å². The molecule has 1 aromatic heterocycles. The fourth-order valence-corrected chi connectivity index (χ4v) is 2.91. The number of methoxy groups -OCH3 is 1. The first-order valence-corrected chi connectivity index (χ1v) is 7.84. The largest absolute Gasteiger partial charge is 0.480 e. The van der Waals surface area contributed by atoms with Crippen LogP contribution in [0.25, 0.3) is 0 Å². The van der Waals surface area contributed by atoms with E-state index >= 15 is 0 Å². The zero-order valence-electron chi connectivity index (χ0n) is 13.3. The molecular weight excluding hydrogens is 282 g/mol. The van der Waals surface area contributed by atoms with Crippen molar-refractivity contribution in [3.05, 3.63) is 40.3 Å². The zero-order valence-corrected chi connectivity index (χ0v) is 14.1. The van der Waals surface area contributed by atoms with Gasteiger partial charge in [-0.15, -0.1) is 0 Å². The number of hydrogen-bond donors (Lipinski definition) is 1. The lowest BCUT2D eigenvalue weighted by Crippen LogP contribution is -2.17. The van der Waals surface area contributed by atoms with Crippen LogP contribution >= 0.6 is 11.3 Å². The van der Waals surface area contributed by atoms with Gasteiger partial charge in [-0.25, -0.2) is 0 Å². The summed E-state index contributed by atoms with van der Waals surface area (Å²) in [5.74, 6) is 0.715. The van der Waals surface area contributed by atoms with Crippen molar-refractivity contribution in [2.24, 2.45) is 0 Å². The number of anilines is 1. The van der Waals surface area contributed by atoms with Crippen LogP contribution in [-0.2, 0) is 6.54 Å². The van der Waals surface area contributed by atoms with Crippen LogP contribution < -0.4 is 15.0 Å². The van der Waals surface area contributed by atoms with Gasteiger partial charge in [0.2, 0.25) is 5.88 Å². The van der Waals surface area contributed by atoms with E-state index in [1.165, 1.54) is 11.1 Å². The molecule has 1 heterocycles. The summed E-state index contributed by atoms with van der Waals surface area (Å²) in [5, 5.41) is 4.50. The Labute approximate surface area is 130 Å². The number of benzene rings is 1. The number of aromatic nitrogens is 1. The first-order valence-electron chi connectivity index (χ1n) is 7.02. The van der Waals surface area contributed by atoms with Crippen LogP contribution in [0.2, 0.25) is 0 Å². The van der Waals surface area contributed by atoms with Crippen molar-refractivity contribution in [1.29, 1.82) is 0 Å². The molecule has 0 bridgehead atoms. The number of nitrogens with one attached hydrogen (secondary N) is 1. The summed E-state index contributed by atoms with van der Waals surface area (Å²) in [6.07, 6.45) is 0. The molecule has 0 saturated carbocycles. The van der Waals surface area contributed by atoms with Gasteiger partial charge >= 0.3 is 0 Å². The third kappa shape index (κ3) is 3.95. The van der Waals surface area contributed by atoms with Gasteiger partial charge < -0.3 is 15.0 Å². The van der Waals surface area contributed by atoms with Gasteiger partial charge in [0.05, 0.1) is 12.0 Å². The van der Waals surface area contributed by atoms with Gasteiger partial charge in [-0.2, -0.15) is 4.98 Å². The monoisotopic (exact) mass is 305 g/mol. The lowest BCUT2D eigenvalue weighted by atomic mass is 10.1. The summed E-state index contributed by atoms with van der Waals surface area (Å²) >= 11 is 1.66. The van der Waals surface area contributed by atoms with E-state index in [1.807, 2.05) is 19.0 Å². The smallest absolute Gasteiger partial charge is 0.230 e. The Morgan fingerprint density at radius 2 is 1.95 bits per heavy atom. The third-order valence-electron chi connectivity index (χ3n) is 3.37. The molecule has 0 amide bonds. The van der Waals surface area contributed by atoms with Gasteiger partial charge in [-0.3, -0.25) is 0 Å². The molecule has 1 unspecified atom stereocenters. The van der Waals surface area contributed by atoms with Crippen molar-refractivity contribution < 1.29 is 4.74 Å². The summed E-state index contributed by atoms with van der Waals surface area (Å²) in [7, 11) is 5.65. The molecule has 21 heavy (non-hydrogen) atoms. The normalized spacial score (nSPS) is 12.2. The van der Waals surface area contributed by atoms with Crippen LogP contribution in [0.3, 0.4) is 0 Å². The lowest BCUT2D eigenvalue weighted by Gasteiger charge is -2.14. The number of nitrogens with zero attached hydrogens (tertiary/aromatic N) is 2. The summed E-state index contributed by atoms with van der Waals surface area (Å²) in [6, 6.07) is 8.92. The van der Waals surface area contributed by atoms with Gasteiger partial charge in [0.15, 0.2) is 5.13 Å². The molecule has 1 N–H and O–H groups in total. The van der Waals surface area contributed by atoms with E-state index in [0.717, 1.165) is 16.6 Å². The molecule has 0 aliphatic carbocycles. The number of thiazole rings is 1. The number of aryl methyl sites for hydroxylation is 1. The molecule has 2 aromatic rings. The topological polar surface area (TPSA) is 37.4 Å². The molecule has 1 aromatic carbocycles. The molecule has 0 aliphatic rings. The predicted molar refractivity (Wildman–Crippen MR) is 89.4 cm³/mol. The van der Waals surface area contributed by atoms with Crippen molar-refractivity contribution in [3.8, 4) is 5.88 Å². The van der Waals surface area contributed by atoms with Crippen LogP contribution in [-0.4, -0.2) is 26.2 Å². The van der Waals surface area contributed by atoms with E-state index in [0.29, 0.717) is 11.9 Å². The van der Waals surface area contributed by atoms with Crippen molar-refractivity contribution in [3.63, 3.8) is 0 Å². The maximum atomic E-state index is 5.36. The molecular formula is C16H23N3OS. The average Bonchev–Trinajstić information content (AvgIpc) is 2.89. The van der Waals surface area contributed by atoms with E-state index in [-0.39, 0.29) is 0 Å². The second-order valence-corrected chi connectivity index (χ2v) is 6.40. The number of hydrogen-bond acceptors (Lipinski definition) is 5. The van der Waals surface area contributed by atoms with Crippen molar-refractivity contribution in [1.82, 2.24) is 10.3 Å². The van der Waals surface area contributed by atoms with Crippen LogP contribution in [0.15, 0.2) is 24.3 Å². The second-order valence-electron chi connectivity index (χ2n) is 5.34. The van der Waals surface area contributed by atoms with Crippen molar-refractivity contribution >= 4 is 16.5 Å². The zero-order chi connectivity index (χ0) is 15.4. The van der Waals surface area contributed by atoms with Crippen molar-refractivity contribution in [2.45, 2.75) is 26.4 Å². The summed E-state index contributed by atoms with van der Waals surface area (Å²) < 4.78 is 5.36. The minimum atomic E-state index is 0.292. The highest BCUT2D eigenvalue weighted by atomic mass is 32.1. The first-order chi connectivity index (χ1) is 10.0. The van der Waals surface area contributed by atoms with E-state index in [2.05, 4.69) is 48.4 Å². The molecule has 5 heteroatoms. The van der Waals surface area contributed by atoms with Crippen LogP contribution in [0.1, 0.15) is 29.0 Å². The van der Waals surface area contributed by atoms with Crippen LogP contribution in [0.4, 0.5) is 5.13 Å². The SMILES string of the molecule is COc1nc(N(C)C)sc1CNC(C)c1ccc(C)cc1. The first kappa shape index (κ1) is 15.8. The van der Waals surface area contributed by atoms with E-state index in [1.54, 1.807) is 18.4 Å². The molecule has 0 aliphatic heterocycles. The summed E-state index contributed by atoms with van der Waals surface area (Å²) in [4.78, 5) is 7.60. The molecule has 1 atom stereocenters. The molecule has 0 spiro atoms. The molecule has 0 fully saturated rings. The molecule has 0 saturated heterocycles. The Hall–Kier alpha value is -1.59. The summed E-state index contributed by atoms with van der Waals surface area (Å²) in [5.41, 5.74) is 2.57. The van der Waals surface area contributed by atoms with Gasteiger partial charge in [0, 0.05) is 26.7 Å². The second kappa shape index (κ2) is 6.91. The predicted octanol–water partition coefficient (Wildman–Crippen LogP) is 3.38. The highest BCUT2D eigenvalue weighted by molar-refractivity contribution is 7.15. The Balaban J connectivity index is 2.03. The third-order valence-corrected chi connectivity index (χ3v) is 4.58. The fraction of sp³-hybridized carbons (Fsp3) is 0.438. The highest BCUT2D eigenvalue weighted by Crippen LogP contribution is 2.30. The highest BCUT2D eigenvalue weighted by Gasteiger charge is 2.14. The van der Waals surface area contributed by atoms with Crippen LogP contribution in [0, 0.1) is 6.92 Å². The summed E-state index contributed by atoms with van der Waals surface area (Å²) in [6.45, 7) is 5.03. The Morgan fingerprint density at radius 1 is 1.29 bits per heavy atom. The minimum absolute atomic E-state index is 0.292. The lowest BCUT2D eigenvalue weighted by molar-refractivity contribution is 0.393. The molecule has 0 radical (unpaired) electrons.